The quantitative estimate of drug-likeness (QED) is 0.712. The molecule has 1 aliphatic carbocycles. The van der Waals surface area contributed by atoms with Gasteiger partial charge in [-0.25, -0.2) is 9.97 Å². The van der Waals surface area contributed by atoms with Crippen molar-refractivity contribution in [2.24, 2.45) is 0 Å². The Morgan fingerprint density at radius 1 is 1.25 bits per heavy atom. The molecule has 0 fully saturated rings. The summed E-state index contributed by atoms with van der Waals surface area (Å²) >= 11 is 1.84. The van der Waals surface area contributed by atoms with Crippen LogP contribution in [0.5, 0.6) is 0 Å². The monoisotopic (exact) mass is 345 g/mol. The number of likely N-dealkylation sites (N-methyl/N-ethyl adjacent to an activating group) is 1. The highest BCUT2D eigenvalue weighted by Gasteiger charge is 2.21. The Kier molecular flexibility index (Phi) is 4.37. The molecule has 128 valence electrons. The molecule has 3 heterocycles. The van der Waals surface area contributed by atoms with Gasteiger partial charge in [0.15, 0.2) is 5.65 Å². The highest BCUT2D eigenvalue weighted by atomic mass is 32.1. The lowest BCUT2D eigenvalue weighted by Crippen LogP contribution is -3.12. The van der Waals surface area contributed by atoms with E-state index in [1.807, 2.05) is 15.9 Å². The van der Waals surface area contributed by atoms with E-state index >= 15 is 0 Å². The van der Waals surface area contributed by atoms with E-state index in [0.717, 1.165) is 49.0 Å². The van der Waals surface area contributed by atoms with Gasteiger partial charge in [-0.15, -0.1) is 11.3 Å². The van der Waals surface area contributed by atoms with Gasteiger partial charge in [-0.2, -0.15) is 9.61 Å². The second kappa shape index (κ2) is 6.64. The molecule has 4 rings (SSSR count). The van der Waals surface area contributed by atoms with Crippen LogP contribution in [0.25, 0.3) is 15.9 Å². The SMILES string of the molecule is CC[NH+](CC)CCNc1nc2sc3c(c2c2ncnn12)CCCC3. The number of aromatic nitrogens is 4. The number of nitrogens with one attached hydrogen (secondary N) is 2. The van der Waals surface area contributed by atoms with E-state index < -0.39 is 0 Å². The average molecular weight is 345 g/mol. The molecule has 7 heteroatoms. The minimum Gasteiger partial charge on any atom is -0.348 e. The topological polar surface area (TPSA) is 59.5 Å². The Balaban J connectivity index is 1.69. The number of thiophene rings is 1. The molecule has 0 spiro atoms. The Labute approximate surface area is 145 Å². The Morgan fingerprint density at radius 3 is 2.92 bits per heavy atom. The molecule has 1 aliphatic rings. The van der Waals surface area contributed by atoms with Crippen LogP contribution < -0.4 is 10.2 Å². The van der Waals surface area contributed by atoms with Crippen molar-refractivity contribution in [3.8, 4) is 0 Å². The molecule has 3 aromatic heterocycles. The van der Waals surface area contributed by atoms with Crippen molar-refractivity contribution in [2.75, 3.05) is 31.5 Å². The Morgan fingerprint density at radius 2 is 2.08 bits per heavy atom. The summed E-state index contributed by atoms with van der Waals surface area (Å²) in [5.41, 5.74) is 2.42. The lowest BCUT2D eigenvalue weighted by molar-refractivity contribution is -0.894. The van der Waals surface area contributed by atoms with E-state index in [2.05, 4.69) is 29.2 Å². The number of aryl methyl sites for hydroxylation is 2. The molecule has 0 atom stereocenters. The molecule has 2 N–H and O–H groups in total. The first-order chi connectivity index (χ1) is 11.8. The summed E-state index contributed by atoms with van der Waals surface area (Å²) in [4.78, 5) is 13.6. The molecule has 0 aliphatic heterocycles. The summed E-state index contributed by atoms with van der Waals surface area (Å²) in [6.07, 6.45) is 6.54. The summed E-state index contributed by atoms with van der Waals surface area (Å²) in [6, 6.07) is 0. The first-order valence-corrected chi connectivity index (χ1v) is 9.84. The van der Waals surface area contributed by atoms with Gasteiger partial charge >= 0.3 is 0 Å². The second-order valence-electron chi connectivity index (χ2n) is 6.46. The van der Waals surface area contributed by atoms with Gasteiger partial charge in [-0.05, 0) is 45.1 Å². The number of quaternary nitrogens is 1. The predicted octanol–water partition coefficient (Wildman–Crippen LogP) is 1.55. The van der Waals surface area contributed by atoms with Crippen molar-refractivity contribution in [3.05, 3.63) is 16.8 Å². The third-order valence-electron chi connectivity index (χ3n) is 5.09. The smallest absolute Gasteiger partial charge is 0.227 e. The molecular weight excluding hydrogens is 320 g/mol. The van der Waals surface area contributed by atoms with E-state index in [0.29, 0.717) is 0 Å². The van der Waals surface area contributed by atoms with Gasteiger partial charge in [0.25, 0.3) is 0 Å². The van der Waals surface area contributed by atoms with Crippen LogP contribution >= 0.6 is 11.3 Å². The van der Waals surface area contributed by atoms with E-state index in [4.69, 9.17) is 4.98 Å². The van der Waals surface area contributed by atoms with E-state index in [9.17, 15) is 0 Å². The fourth-order valence-corrected chi connectivity index (χ4v) is 4.90. The van der Waals surface area contributed by atoms with Crippen molar-refractivity contribution in [1.29, 1.82) is 0 Å². The van der Waals surface area contributed by atoms with Gasteiger partial charge in [0.1, 0.15) is 11.2 Å². The molecule has 0 amide bonds. The predicted molar refractivity (Wildman–Crippen MR) is 98.2 cm³/mol. The van der Waals surface area contributed by atoms with Crippen LogP contribution in [-0.2, 0) is 12.8 Å². The number of nitrogens with zero attached hydrogens (tertiary/aromatic N) is 4. The standard InChI is InChI=1S/C17H24N6S/c1-3-22(4-2)10-9-18-17-21-16-14(15-19-11-20-23(15)17)12-7-5-6-8-13(12)24-16/h11H,3-10H2,1-2H3,(H,18,21)/p+1. The molecule has 0 radical (unpaired) electrons. The molecule has 0 unspecified atom stereocenters. The zero-order valence-corrected chi connectivity index (χ0v) is 15.2. The van der Waals surface area contributed by atoms with Gasteiger partial charge < -0.3 is 10.2 Å². The number of anilines is 1. The third-order valence-corrected chi connectivity index (χ3v) is 6.28. The largest absolute Gasteiger partial charge is 0.348 e. The Bertz CT molecular complexity index is 848. The van der Waals surface area contributed by atoms with Crippen LogP contribution in [0.1, 0.15) is 37.1 Å². The number of hydrogen-bond donors (Lipinski definition) is 2. The lowest BCUT2D eigenvalue weighted by Gasteiger charge is -2.16. The number of hydrogen-bond acceptors (Lipinski definition) is 5. The molecule has 6 nitrogen and oxygen atoms in total. The zero-order valence-electron chi connectivity index (χ0n) is 14.4. The first-order valence-electron chi connectivity index (χ1n) is 9.03. The normalized spacial score (nSPS) is 14.6. The minimum absolute atomic E-state index is 0.820. The van der Waals surface area contributed by atoms with Crippen LogP contribution in [-0.4, -0.2) is 45.8 Å². The summed E-state index contributed by atoms with van der Waals surface area (Å²) in [7, 11) is 0. The van der Waals surface area contributed by atoms with Crippen LogP contribution in [0.4, 0.5) is 5.95 Å². The van der Waals surface area contributed by atoms with Gasteiger partial charge in [-0.1, -0.05) is 0 Å². The lowest BCUT2D eigenvalue weighted by atomic mass is 9.97. The van der Waals surface area contributed by atoms with Gasteiger partial charge in [0.2, 0.25) is 5.95 Å². The second-order valence-corrected chi connectivity index (χ2v) is 7.54. The van der Waals surface area contributed by atoms with Crippen LogP contribution in [0.2, 0.25) is 0 Å². The van der Waals surface area contributed by atoms with Crippen molar-refractivity contribution in [1.82, 2.24) is 19.6 Å². The maximum atomic E-state index is 4.89. The van der Waals surface area contributed by atoms with Gasteiger partial charge in [-0.3, -0.25) is 0 Å². The van der Waals surface area contributed by atoms with E-state index in [-0.39, 0.29) is 0 Å². The van der Waals surface area contributed by atoms with Gasteiger partial charge in [0, 0.05) is 4.88 Å². The van der Waals surface area contributed by atoms with Crippen molar-refractivity contribution < 1.29 is 4.90 Å². The van der Waals surface area contributed by atoms with Crippen LogP contribution in [0.15, 0.2) is 6.33 Å². The molecule has 24 heavy (non-hydrogen) atoms. The van der Waals surface area contributed by atoms with Crippen LogP contribution in [0, 0.1) is 0 Å². The molecule has 3 aromatic rings. The molecule has 0 bridgehead atoms. The fraction of sp³-hybridized carbons (Fsp3) is 0.588. The Hall–Kier alpha value is -1.73. The zero-order chi connectivity index (χ0) is 16.5. The number of fused-ring (bicyclic) bond motifs is 5. The summed E-state index contributed by atoms with van der Waals surface area (Å²) in [5, 5.41) is 9.12. The molecule has 0 aromatic carbocycles. The maximum Gasteiger partial charge on any atom is 0.227 e. The first kappa shape index (κ1) is 15.8. The van der Waals surface area contributed by atoms with Crippen LogP contribution in [0.3, 0.4) is 0 Å². The summed E-state index contributed by atoms with van der Waals surface area (Å²) in [6.45, 7) is 8.76. The molecular formula is C17H25N6S+. The van der Waals surface area contributed by atoms with E-state index in [1.165, 1.54) is 35.1 Å². The average Bonchev–Trinajstić information content (AvgIpc) is 3.22. The molecule has 0 saturated heterocycles. The summed E-state index contributed by atoms with van der Waals surface area (Å²) < 4.78 is 1.88. The highest BCUT2D eigenvalue weighted by Crippen LogP contribution is 2.37. The maximum absolute atomic E-state index is 4.89. The van der Waals surface area contributed by atoms with Crippen molar-refractivity contribution >= 4 is 33.1 Å². The molecule has 0 saturated carbocycles. The van der Waals surface area contributed by atoms with E-state index in [1.54, 1.807) is 11.2 Å². The minimum atomic E-state index is 0.820. The van der Waals surface area contributed by atoms with Gasteiger partial charge in [0.05, 0.1) is 31.6 Å². The summed E-state index contributed by atoms with van der Waals surface area (Å²) in [5.74, 6) is 0.820. The number of rotatable bonds is 6. The fourth-order valence-electron chi connectivity index (χ4n) is 3.64. The highest BCUT2D eigenvalue weighted by molar-refractivity contribution is 7.19. The third kappa shape index (κ3) is 2.65. The van der Waals surface area contributed by atoms with Crippen molar-refractivity contribution in [2.45, 2.75) is 39.5 Å². The van der Waals surface area contributed by atoms with Crippen molar-refractivity contribution in [3.63, 3.8) is 0 Å².